The van der Waals surface area contributed by atoms with Crippen LogP contribution in [0, 0.1) is 0 Å². The molecule has 0 radical (unpaired) electrons. The minimum atomic E-state index is -0.868. The molecule has 1 atom stereocenters. The van der Waals surface area contributed by atoms with Gasteiger partial charge >= 0.3 is 0 Å². The fraction of sp³-hybridized carbons (Fsp3) is 0.200. The second-order valence-electron chi connectivity index (χ2n) is 3.34. The Morgan fingerprint density at radius 3 is 2.80 bits per heavy atom. The second kappa shape index (κ2) is 3.36. The van der Waals surface area contributed by atoms with Crippen molar-refractivity contribution >= 4 is 10.9 Å². The Kier molecular flexibility index (Phi) is 2.17. The van der Waals surface area contributed by atoms with Crippen molar-refractivity contribution < 1.29 is 5.11 Å². The standard InChI is InChI=1S/C10H11N3O2/c1-6(14)9-12-8-5-3-2-4-7(8)10(15)13(9)11/h2-6,14H,11H2,1H3/t6-/m1/s1. The van der Waals surface area contributed by atoms with E-state index in [0.717, 1.165) is 4.68 Å². The first-order valence-corrected chi connectivity index (χ1v) is 4.56. The molecule has 15 heavy (non-hydrogen) atoms. The van der Waals surface area contributed by atoms with Gasteiger partial charge in [-0.05, 0) is 19.1 Å². The van der Waals surface area contributed by atoms with Gasteiger partial charge in [0.15, 0.2) is 5.82 Å². The highest BCUT2D eigenvalue weighted by Crippen LogP contribution is 2.11. The van der Waals surface area contributed by atoms with Gasteiger partial charge in [0.2, 0.25) is 0 Å². The van der Waals surface area contributed by atoms with Crippen LogP contribution < -0.4 is 11.4 Å². The topological polar surface area (TPSA) is 81.1 Å². The molecule has 0 aliphatic rings. The molecule has 0 bridgehead atoms. The van der Waals surface area contributed by atoms with Crippen LogP contribution in [0.5, 0.6) is 0 Å². The maximum absolute atomic E-state index is 11.7. The van der Waals surface area contributed by atoms with Crippen molar-refractivity contribution in [3.8, 4) is 0 Å². The molecule has 0 amide bonds. The molecular formula is C10H11N3O2. The van der Waals surface area contributed by atoms with Crippen molar-refractivity contribution in [3.05, 3.63) is 40.4 Å². The van der Waals surface area contributed by atoms with Gasteiger partial charge in [-0.15, -0.1) is 0 Å². The first kappa shape index (κ1) is 9.67. The molecule has 78 valence electrons. The molecule has 0 aliphatic heterocycles. The predicted octanol–water partition coefficient (Wildman–Crippen LogP) is 0.164. The number of hydrogen-bond acceptors (Lipinski definition) is 4. The molecule has 0 unspecified atom stereocenters. The summed E-state index contributed by atoms with van der Waals surface area (Å²) in [5.74, 6) is 5.70. The van der Waals surface area contributed by atoms with Crippen LogP contribution in [0.25, 0.3) is 10.9 Å². The number of para-hydroxylation sites is 1. The van der Waals surface area contributed by atoms with E-state index in [-0.39, 0.29) is 11.4 Å². The van der Waals surface area contributed by atoms with Gasteiger partial charge in [-0.2, -0.15) is 0 Å². The molecule has 0 saturated heterocycles. The van der Waals surface area contributed by atoms with Gasteiger partial charge in [0.1, 0.15) is 6.10 Å². The Hall–Kier alpha value is -1.88. The lowest BCUT2D eigenvalue weighted by Crippen LogP contribution is -2.32. The molecule has 0 fully saturated rings. The monoisotopic (exact) mass is 205 g/mol. The zero-order chi connectivity index (χ0) is 11.0. The van der Waals surface area contributed by atoms with Gasteiger partial charge in [0.25, 0.3) is 5.56 Å². The summed E-state index contributed by atoms with van der Waals surface area (Å²) in [5, 5.41) is 9.83. The SMILES string of the molecule is C[C@@H](O)c1nc2ccccc2c(=O)n1N. The Morgan fingerprint density at radius 1 is 1.47 bits per heavy atom. The number of nitrogen functional groups attached to an aromatic ring is 1. The van der Waals surface area contributed by atoms with Gasteiger partial charge in [0, 0.05) is 0 Å². The van der Waals surface area contributed by atoms with E-state index in [1.807, 2.05) is 0 Å². The molecular weight excluding hydrogens is 194 g/mol. The van der Waals surface area contributed by atoms with Gasteiger partial charge in [-0.1, -0.05) is 12.1 Å². The first-order valence-electron chi connectivity index (χ1n) is 4.56. The molecule has 5 heteroatoms. The summed E-state index contributed by atoms with van der Waals surface area (Å²) < 4.78 is 0.882. The van der Waals surface area contributed by atoms with Crippen molar-refractivity contribution in [1.29, 1.82) is 0 Å². The van der Waals surface area contributed by atoms with Crippen LogP contribution in [0.3, 0.4) is 0 Å². The summed E-state index contributed by atoms with van der Waals surface area (Å²) >= 11 is 0. The van der Waals surface area contributed by atoms with Crippen LogP contribution in [0.15, 0.2) is 29.1 Å². The summed E-state index contributed by atoms with van der Waals surface area (Å²) in [5.41, 5.74) is 0.191. The highest BCUT2D eigenvalue weighted by atomic mass is 16.3. The van der Waals surface area contributed by atoms with E-state index in [0.29, 0.717) is 10.9 Å². The van der Waals surface area contributed by atoms with Crippen molar-refractivity contribution in [2.75, 3.05) is 5.84 Å². The van der Waals surface area contributed by atoms with Crippen LogP contribution >= 0.6 is 0 Å². The van der Waals surface area contributed by atoms with E-state index in [1.165, 1.54) is 6.92 Å². The number of aliphatic hydroxyl groups excluding tert-OH is 1. The maximum atomic E-state index is 11.7. The van der Waals surface area contributed by atoms with Crippen molar-refractivity contribution in [2.24, 2.45) is 0 Å². The number of aromatic nitrogens is 2. The van der Waals surface area contributed by atoms with Crippen LogP contribution in [0.1, 0.15) is 18.9 Å². The fourth-order valence-corrected chi connectivity index (χ4v) is 1.46. The lowest BCUT2D eigenvalue weighted by Gasteiger charge is -2.10. The zero-order valence-corrected chi connectivity index (χ0v) is 8.21. The van der Waals surface area contributed by atoms with E-state index >= 15 is 0 Å². The summed E-state index contributed by atoms with van der Waals surface area (Å²) in [7, 11) is 0. The summed E-state index contributed by atoms with van der Waals surface area (Å²) in [6.45, 7) is 1.51. The van der Waals surface area contributed by atoms with Crippen LogP contribution in [0.2, 0.25) is 0 Å². The smallest absolute Gasteiger partial charge is 0.279 e. The Bertz CT molecular complexity index is 560. The van der Waals surface area contributed by atoms with E-state index in [9.17, 15) is 9.90 Å². The van der Waals surface area contributed by atoms with E-state index in [1.54, 1.807) is 24.3 Å². The molecule has 3 N–H and O–H groups in total. The zero-order valence-electron chi connectivity index (χ0n) is 8.21. The fourth-order valence-electron chi connectivity index (χ4n) is 1.46. The molecule has 5 nitrogen and oxygen atoms in total. The minimum Gasteiger partial charge on any atom is -0.385 e. The third kappa shape index (κ3) is 1.46. The Labute approximate surface area is 85.8 Å². The normalized spacial score (nSPS) is 12.9. The van der Waals surface area contributed by atoms with Crippen LogP contribution in [-0.4, -0.2) is 14.8 Å². The predicted molar refractivity (Wildman–Crippen MR) is 56.8 cm³/mol. The van der Waals surface area contributed by atoms with Crippen LogP contribution in [0.4, 0.5) is 0 Å². The number of hydrogen-bond donors (Lipinski definition) is 2. The summed E-state index contributed by atoms with van der Waals surface area (Å²) in [4.78, 5) is 15.9. The quantitative estimate of drug-likeness (QED) is 0.650. The van der Waals surface area contributed by atoms with Crippen LogP contribution in [-0.2, 0) is 0 Å². The molecule has 1 heterocycles. The Morgan fingerprint density at radius 2 is 2.13 bits per heavy atom. The van der Waals surface area contributed by atoms with Gasteiger partial charge in [0.05, 0.1) is 10.9 Å². The lowest BCUT2D eigenvalue weighted by molar-refractivity contribution is 0.185. The first-order chi connectivity index (χ1) is 7.11. The van der Waals surface area contributed by atoms with Crippen molar-refractivity contribution in [3.63, 3.8) is 0 Å². The van der Waals surface area contributed by atoms with E-state index in [4.69, 9.17) is 5.84 Å². The molecule has 2 rings (SSSR count). The average Bonchev–Trinajstić information content (AvgIpc) is 2.23. The highest BCUT2D eigenvalue weighted by molar-refractivity contribution is 5.77. The third-order valence-electron chi connectivity index (χ3n) is 2.21. The molecule has 0 spiro atoms. The molecule has 1 aromatic carbocycles. The summed E-state index contributed by atoms with van der Waals surface area (Å²) in [6, 6.07) is 6.89. The van der Waals surface area contributed by atoms with Crippen molar-refractivity contribution in [1.82, 2.24) is 9.66 Å². The minimum absolute atomic E-state index is 0.165. The number of benzene rings is 1. The second-order valence-corrected chi connectivity index (χ2v) is 3.34. The van der Waals surface area contributed by atoms with Gasteiger partial charge < -0.3 is 10.9 Å². The largest absolute Gasteiger partial charge is 0.385 e. The third-order valence-corrected chi connectivity index (χ3v) is 2.21. The van der Waals surface area contributed by atoms with E-state index in [2.05, 4.69) is 4.98 Å². The average molecular weight is 205 g/mol. The maximum Gasteiger partial charge on any atom is 0.279 e. The summed E-state index contributed by atoms with van der Waals surface area (Å²) in [6.07, 6.45) is -0.868. The van der Waals surface area contributed by atoms with Gasteiger partial charge in [-0.25, -0.2) is 9.66 Å². The number of nitrogens with zero attached hydrogens (tertiary/aromatic N) is 2. The molecule has 0 saturated carbocycles. The molecule has 2 aromatic rings. The number of fused-ring (bicyclic) bond motifs is 1. The number of nitrogens with two attached hydrogens (primary N) is 1. The number of aliphatic hydroxyl groups is 1. The molecule has 0 aliphatic carbocycles. The lowest BCUT2D eigenvalue weighted by atomic mass is 10.2. The molecule has 1 aromatic heterocycles. The Balaban J connectivity index is 2.89. The van der Waals surface area contributed by atoms with E-state index < -0.39 is 6.10 Å². The highest BCUT2D eigenvalue weighted by Gasteiger charge is 2.11. The van der Waals surface area contributed by atoms with Gasteiger partial charge in [-0.3, -0.25) is 4.79 Å². The number of rotatable bonds is 1. The van der Waals surface area contributed by atoms with Crippen molar-refractivity contribution in [2.45, 2.75) is 13.0 Å².